The fourth-order valence-electron chi connectivity index (χ4n) is 3.92. The summed E-state index contributed by atoms with van der Waals surface area (Å²) in [6, 6.07) is 15.6. The molecule has 0 bridgehead atoms. The van der Waals surface area contributed by atoms with Crippen LogP contribution in [-0.4, -0.2) is 13.1 Å². The molecule has 0 N–H and O–H groups in total. The van der Waals surface area contributed by atoms with Crippen molar-refractivity contribution in [3.05, 3.63) is 107 Å². The minimum atomic E-state index is -4.66. The van der Waals surface area contributed by atoms with E-state index in [1.165, 1.54) is 25.3 Å². The summed E-state index contributed by atoms with van der Waals surface area (Å²) in [6.45, 7) is 0. The van der Waals surface area contributed by atoms with Crippen molar-refractivity contribution >= 4 is 5.97 Å². The predicted octanol–water partition coefficient (Wildman–Crippen LogP) is 7.55. The first kappa shape index (κ1) is 24.4. The highest BCUT2D eigenvalue weighted by Gasteiger charge is 2.45. The maximum absolute atomic E-state index is 15.0. The third-order valence-corrected chi connectivity index (χ3v) is 5.85. The number of hydrogen-bond acceptors (Lipinski definition) is 3. The quantitative estimate of drug-likeness (QED) is 0.254. The molecule has 35 heavy (non-hydrogen) atoms. The number of rotatable bonds is 7. The van der Waals surface area contributed by atoms with Gasteiger partial charge in [0.1, 0.15) is 28.7 Å². The maximum Gasteiger partial charge on any atom is 0.416 e. The molecule has 0 unspecified atom stereocenters. The molecule has 1 saturated carbocycles. The van der Waals surface area contributed by atoms with Crippen LogP contribution in [0, 0.1) is 5.82 Å². The van der Waals surface area contributed by atoms with Gasteiger partial charge in [-0.25, -0.2) is 13.6 Å². The molecule has 8 heteroatoms. The zero-order valence-corrected chi connectivity index (χ0v) is 18.7. The van der Waals surface area contributed by atoms with Crippen LogP contribution >= 0.6 is 0 Å². The highest BCUT2D eigenvalue weighted by Crippen LogP contribution is 2.51. The summed E-state index contributed by atoms with van der Waals surface area (Å²) in [7, 11) is 1.24. The van der Waals surface area contributed by atoms with E-state index in [0.717, 1.165) is 12.1 Å². The lowest BCUT2D eigenvalue weighted by molar-refractivity contribution is -0.137. The Bertz CT molecular complexity index is 1260. The highest BCUT2D eigenvalue weighted by atomic mass is 19.4. The lowest BCUT2D eigenvalue weighted by Gasteiger charge is -2.15. The summed E-state index contributed by atoms with van der Waals surface area (Å²) < 4.78 is 78.7. The van der Waals surface area contributed by atoms with E-state index in [9.17, 15) is 22.4 Å². The molecular weight excluding hydrogens is 467 g/mol. The summed E-state index contributed by atoms with van der Waals surface area (Å²) in [5.74, 6) is -1.54. The number of carbonyl (C=O) groups excluding carboxylic acids is 1. The molecule has 1 aliphatic carbocycles. The largest absolute Gasteiger partial charge is 0.465 e. The van der Waals surface area contributed by atoms with Crippen molar-refractivity contribution in [1.29, 1.82) is 0 Å². The average molecular weight is 488 g/mol. The number of alkyl halides is 3. The summed E-state index contributed by atoms with van der Waals surface area (Å²) in [5, 5.41) is 0. The molecule has 1 fully saturated rings. The fraction of sp³-hybridized carbons (Fsp3) is 0.222. The topological polar surface area (TPSA) is 35.5 Å². The number of halogens is 5. The third-order valence-electron chi connectivity index (χ3n) is 5.85. The van der Waals surface area contributed by atoms with E-state index in [1.54, 1.807) is 36.4 Å². The molecule has 0 atom stereocenters. The third kappa shape index (κ3) is 5.53. The molecule has 0 aromatic heterocycles. The van der Waals surface area contributed by atoms with Crippen LogP contribution in [0.3, 0.4) is 0 Å². The summed E-state index contributed by atoms with van der Waals surface area (Å²) >= 11 is 0. The Balaban J connectivity index is 1.58. The lowest BCUT2D eigenvalue weighted by Crippen LogP contribution is -2.11. The summed E-state index contributed by atoms with van der Waals surface area (Å²) in [4.78, 5) is 12.1. The van der Waals surface area contributed by atoms with E-state index < -0.39 is 34.8 Å². The van der Waals surface area contributed by atoms with Crippen molar-refractivity contribution in [2.75, 3.05) is 7.11 Å². The molecule has 0 heterocycles. The molecule has 3 nitrogen and oxygen atoms in total. The van der Waals surface area contributed by atoms with Gasteiger partial charge in [0, 0.05) is 11.8 Å². The van der Waals surface area contributed by atoms with Crippen molar-refractivity contribution in [2.45, 2.75) is 30.9 Å². The Morgan fingerprint density at radius 3 is 2.34 bits per heavy atom. The number of para-hydroxylation sites is 1. The predicted molar refractivity (Wildman–Crippen MR) is 120 cm³/mol. The van der Waals surface area contributed by atoms with Crippen LogP contribution in [0.2, 0.25) is 0 Å². The minimum absolute atomic E-state index is 0.0368. The Kier molecular flexibility index (Phi) is 6.65. The van der Waals surface area contributed by atoms with E-state index in [0.29, 0.717) is 30.2 Å². The van der Waals surface area contributed by atoms with Crippen LogP contribution in [-0.2, 0) is 22.7 Å². The first-order chi connectivity index (χ1) is 16.6. The summed E-state index contributed by atoms with van der Waals surface area (Å²) in [5.41, 5.74) is -1.38. The molecule has 4 rings (SSSR count). The fourth-order valence-corrected chi connectivity index (χ4v) is 3.92. The number of hydrogen-bond donors (Lipinski definition) is 0. The maximum atomic E-state index is 15.0. The van der Waals surface area contributed by atoms with Gasteiger partial charge < -0.3 is 9.47 Å². The molecule has 0 saturated heterocycles. The molecule has 3 aromatic rings. The van der Waals surface area contributed by atoms with E-state index in [4.69, 9.17) is 9.47 Å². The standard InChI is InChI=1S/C27H21F5O3/c1-34-25(33)21-9-7-17(14-24(21)35-20-5-3-2-4-6-20)13-19(28)16-26(11-12-26)22-10-8-18(15-23(22)29)27(30,31)32/h2-10,14-16H,11-13H2,1H3/b19-16-. The zero-order chi connectivity index (χ0) is 25.2. The van der Waals surface area contributed by atoms with Gasteiger partial charge in [0.2, 0.25) is 0 Å². The first-order valence-corrected chi connectivity index (χ1v) is 10.8. The Morgan fingerprint density at radius 1 is 1.03 bits per heavy atom. The van der Waals surface area contributed by atoms with Gasteiger partial charge in [-0.2, -0.15) is 13.2 Å². The van der Waals surface area contributed by atoms with Gasteiger partial charge in [0.15, 0.2) is 0 Å². The van der Waals surface area contributed by atoms with Crippen molar-refractivity contribution in [1.82, 2.24) is 0 Å². The number of ether oxygens (including phenoxy) is 2. The Labute approximate surface area is 198 Å². The van der Waals surface area contributed by atoms with E-state index in [-0.39, 0.29) is 23.3 Å². The molecule has 0 spiro atoms. The Morgan fingerprint density at radius 2 is 1.74 bits per heavy atom. The van der Waals surface area contributed by atoms with Gasteiger partial charge in [0.05, 0.1) is 12.7 Å². The molecular formula is C27H21F5O3. The van der Waals surface area contributed by atoms with E-state index in [1.807, 2.05) is 0 Å². The van der Waals surface area contributed by atoms with Crippen molar-refractivity contribution in [3.63, 3.8) is 0 Å². The van der Waals surface area contributed by atoms with Crippen LogP contribution in [0.4, 0.5) is 22.0 Å². The van der Waals surface area contributed by atoms with E-state index >= 15 is 4.39 Å². The average Bonchev–Trinajstić information content (AvgIpc) is 3.58. The number of carbonyl (C=O) groups is 1. The van der Waals surface area contributed by atoms with E-state index in [2.05, 4.69) is 0 Å². The van der Waals surface area contributed by atoms with Gasteiger partial charge in [0.25, 0.3) is 0 Å². The second-order valence-electron chi connectivity index (χ2n) is 8.35. The normalized spacial score (nSPS) is 15.0. The number of allylic oxidation sites excluding steroid dienone is 2. The summed E-state index contributed by atoms with van der Waals surface area (Å²) in [6.07, 6.45) is -2.72. The lowest BCUT2D eigenvalue weighted by atomic mass is 9.92. The van der Waals surface area contributed by atoms with Crippen LogP contribution in [0.15, 0.2) is 78.6 Å². The molecule has 0 radical (unpaired) electrons. The van der Waals surface area contributed by atoms with Gasteiger partial charge in [-0.05, 0) is 66.4 Å². The molecule has 182 valence electrons. The van der Waals surface area contributed by atoms with Crippen LogP contribution in [0.5, 0.6) is 11.5 Å². The van der Waals surface area contributed by atoms with Gasteiger partial charge in [-0.1, -0.05) is 30.3 Å². The zero-order valence-electron chi connectivity index (χ0n) is 18.7. The van der Waals surface area contributed by atoms with Gasteiger partial charge in [-0.3, -0.25) is 0 Å². The first-order valence-electron chi connectivity index (χ1n) is 10.8. The molecule has 0 amide bonds. The molecule has 1 aliphatic rings. The van der Waals surface area contributed by atoms with Gasteiger partial charge in [-0.15, -0.1) is 0 Å². The number of benzene rings is 3. The highest BCUT2D eigenvalue weighted by molar-refractivity contribution is 5.92. The number of esters is 1. The monoisotopic (exact) mass is 488 g/mol. The molecule has 3 aromatic carbocycles. The molecule has 0 aliphatic heterocycles. The Hall–Kier alpha value is -3.68. The van der Waals surface area contributed by atoms with Crippen molar-refractivity contribution in [2.24, 2.45) is 0 Å². The second-order valence-corrected chi connectivity index (χ2v) is 8.35. The van der Waals surface area contributed by atoms with Crippen molar-refractivity contribution < 1.29 is 36.2 Å². The van der Waals surface area contributed by atoms with Crippen molar-refractivity contribution in [3.8, 4) is 11.5 Å². The minimum Gasteiger partial charge on any atom is -0.465 e. The number of methoxy groups -OCH3 is 1. The smallest absolute Gasteiger partial charge is 0.416 e. The second kappa shape index (κ2) is 9.52. The van der Waals surface area contributed by atoms with Crippen LogP contribution in [0.25, 0.3) is 0 Å². The SMILES string of the molecule is COC(=O)c1ccc(C/C(F)=C/C2(c3ccc(C(F)(F)F)cc3F)CC2)cc1Oc1ccccc1. The van der Waals surface area contributed by atoms with Gasteiger partial charge >= 0.3 is 12.1 Å². The van der Waals surface area contributed by atoms with Crippen LogP contribution in [0.1, 0.15) is 39.9 Å². The van der Waals surface area contributed by atoms with Crippen LogP contribution < -0.4 is 4.74 Å².